The summed E-state index contributed by atoms with van der Waals surface area (Å²) >= 11 is 0. The van der Waals surface area contributed by atoms with Crippen molar-refractivity contribution in [1.29, 1.82) is 0 Å². The van der Waals surface area contributed by atoms with Crippen LogP contribution >= 0.6 is 0 Å². The highest BCUT2D eigenvalue weighted by molar-refractivity contribution is 7.92. The number of esters is 1. The lowest BCUT2D eigenvalue weighted by Gasteiger charge is -2.10. The fourth-order valence-corrected chi connectivity index (χ4v) is 3.68. The molecule has 9 heteroatoms. The molecule has 3 aromatic carbocycles. The number of carbonyl (C=O) groups is 2. The van der Waals surface area contributed by atoms with Gasteiger partial charge in [-0.1, -0.05) is 24.3 Å². The highest BCUT2D eigenvalue weighted by atomic mass is 32.2. The molecule has 160 valence electrons. The molecule has 0 aliphatic rings. The number of sulfonamides is 1. The quantitative estimate of drug-likeness (QED) is 0.543. The highest BCUT2D eigenvalue weighted by Crippen LogP contribution is 2.17. The van der Waals surface area contributed by atoms with E-state index in [0.717, 1.165) is 6.07 Å². The molecule has 7 nitrogen and oxygen atoms in total. The van der Waals surface area contributed by atoms with Gasteiger partial charge < -0.3 is 10.1 Å². The number of para-hydroxylation sites is 1. The van der Waals surface area contributed by atoms with E-state index in [-0.39, 0.29) is 16.1 Å². The zero-order chi connectivity index (χ0) is 22.4. The summed E-state index contributed by atoms with van der Waals surface area (Å²) in [6.45, 7) is 1.12. The van der Waals surface area contributed by atoms with Crippen LogP contribution in [0.1, 0.15) is 15.9 Å². The first-order valence-corrected chi connectivity index (χ1v) is 10.6. The number of aryl methyl sites for hydroxylation is 1. The second kappa shape index (κ2) is 9.40. The summed E-state index contributed by atoms with van der Waals surface area (Å²) in [5.74, 6) is -1.94. The third-order valence-electron chi connectivity index (χ3n) is 4.23. The van der Waals surface area contributed by atoms with Gasteiger partial charge in [0.25, 0.3) is 15.9 Å². The van der Waals surface area contributed by atoms with Crippen molar-refractivity contribution in [3.8, 4) is 0 Å². The van der Waals surface area contributed by atoms with E-state index < -0.39 is 34.3 Å². The van der Waals surface area contributed by atoms with E-state index in [1.54, 1.807) is 37.3 Å². The lowest BCUT2D eigenvalue weighted by molar-refractivity contribution is -0.119. The van der Waals surface area contributed by atoms with E-state index in [9.17, 15) is 22.4 Å². The maximum atomic E-state index is 13.3. The zero-order valence-electron chi connectivity index (χ0n) is 16.5. The first kappa shape index (κ1) is 22.0. The highest BCUT2D eigenvalue weighted by Gasteiger charge is 2.16. The van der Waals surface area contributed by atoms with Crippen molar-refractivity contribution in [3.05, 3.63) is 89.7 Å². The Labute approximate surface area is 178 Å². The molecule has 0 atom stereocenters. The summed E-state index contributed by atoms with van der Waals surface area (Å²) < 4.78 is 45.5. The van der Waals surface area contributed by atoms with Gasteiger partial charge in [0, 0.05) is 11.4 Å². The van der Waals surface area contributed by atoms with Crippen LogP contribution in [-0.4, -0.2) is 26.9 Å². The number of ether oxygens (including phenoxy) is 1. The molecule has 0 spiro atoms. The van der Waals surface area contributed by atoms with Crippen LogP contribution in [0.2, 0.25) is 0 Å². The van der Waals surface area contributed by atoms with E-state index in [0.29, 0.717) is 11.3 Å². The third-order valence-corrected chi connectivity index (χ3v) is 5.63. The fraction of sp³-hybridized carbons (Fsp3) is 0.0909. The molecule has 0 unspecified atom stereocenters. The summed E-state index contributed by atoms with van der Waals surface area (Å²) in [5.41, 5.74) is 1.42. The maximum absolute atomic E-state index is 13.3. The second-order valence-corrected chi connectivity index (χ2v) is 8.26. The number of amides is 1. The van der Waals surface area contributed by atoms with Gasteiger partial charge >= 0.3 is 5.97 Å². The molecule has 3 rings (SSSR count). The zero-order valence-corrected chi connectivity index (χ0v) is 17.3. The van der Waals surface area contributed by atoms with Gasteiger partial charge in [-0.3, -0.25) is 9.52 Å². The van der Waals surface area contributed by atoms with E-state index in [1.807, 2.05) is 0 Å². The number of hydrogen-bond acceptors (Lipinski definition) is 5. The Morgan fingerprint density at radius 2 is 1.65 bits per heavy atom. The minimum atomic E-state index is -3.82. The summed E-state index contributed by atoms with van der Waals surface area (Å²) in [6, 6.07) is 17.4. The molecule has 0 heterocycles. The molecule has 31 heavy (non-hydrogen) atoms. The molecule has 0 bridgehead atoms. The number of hydrogen-bond donors (Lipinski definition) is 2. The molecule has 2 N–H and O–H groups in total. The van der Waals surface area contributed by atoms with Gasteiger partial charge in [-0.05, 0) is 61.0 Å². The van der Waals surface area contributed by atoms with Crippen molar-refractivity contribution < 1.29 is 27.1 Å². The first-order valence-electron chi connectivity index (χ1n) is 9.16. The van der Waals surface area contributed by atoms with Crippen LogP contribution in [0.5, 0.6) is 0 Å². The van der Waals surface area contributed by atoms with E-state index in [4.69, 9.17) is 4.74 Å². The Morgan fingerprint density at radius 3 is 2.32 bits per heavy atom. The van der Waals surface area contributed by atoms with Gasteiger partial charge in [-0.25, -0.2) is 17.6 Å². The van der Waals surface area contributed by atoms with Crippen molar-refractivity contribution >= 4 is 33.3 Å². The molecular weight excluding hydrogens is 423 g/mol. The summed E-state index contributed by atoms with van der Waals surface area (Å²) in [5, 5.41) is 2.47. The topological polar surface area (TPSA) is 102 Å². The van der Waals surface area contributed by atoms with Gasteiger partial charge in [-0.2, -0.15) is 0 Å². The van der Waals surface area contributed by atoms with E-state index in [1.165, 1.54) is 36.4 Å². The monoisotopic (exact) mass is 442 g/mol. The van der Waals surface area contributed by atoms with Gasteiger partial charge in [0.05, 0.1) is 10.5 Å². The predicted octanol–water partition coefficient (Wildman–Crippen LogP) is 3.73. The molecule has 0 saturated heterocycles. The minimum absolute atomic E-state index is 0.0350. The normalized spacial score (nSPS) is 10.9. The van der Waals surface area contributed by atoms with Crippen LogP contribution in [0.4, 0.5) is 15.8 Å². The van der Waals surface area contributed by atoms with Gasteiger partial charge in [-0.15, -0.1) is 0 Å². The number of halogens is 1. The van der Waals surface area contributed by atoms with Crippen molar-refractivity contribution in [1.82, 2.24) is 0 Å². The molecule has 0 radical (unpaired) electrons. The molecule has 1 amide bonds. The van der Waals surface area contributed by atoms with Crippen LogP contribution in [-0.2, 0) is 19.6 Å². The Morgan fingerprint density at radius 1 is 0.968 bits per heavy atom. The molecule has 0 fully saturated rings. The number of rotatable bonds is 7. The van der Waals surface area contributed by atoms with Crippen molar-refractivity contribution in [3.63, 3.8) is 0 Å². The van der Waals surface area contributed by atoms with Crippen LogP contribution in [0.3, 0.4) is 0 Å². The Bertz CT molecular complexity index is 1200. The number of carbonyl (C=O) groups excluding carboxylic acids is 2. The van der Waals surface area contributed by atoms with Crippen molar-refractivity contribution in [2.45, 2.75) is 11.8 Å². The number of nitrogens with one attached hydrogen (secondary N) is 2. The molecular formula is C22H19FN2O5S. The fourth-order valence-electron chi connectivity index (χ4n) is 2.62. The largest absolute Gasteiger partial charge is 0.452 e. The Kier molecular flexibility index (Phi) is 6.66. The summed E-state index contributed by atoms with van der Waals surface area (Å²) in [4.78, 5) is 24.1. The predicted molar refractivity (Wildman–Crippen MR) is 114 cm³/mol. The number of benzene rings is 3. The SMILES string of the molecule is Cc1ccc(F)cc1NC(=O)COC(=O)c1ccc(S(=O)(=O)Nc2ccccc2)cc1. The van der Waals surface area contributed by atoms with Crippen LogP contribution in [0.15, 0.2) is 77.7 Å². The lowest BCUT2D eigenvalue weighted by Crippen LogP contribution is -2.21. The standard InChI is InChI=1S/C22H19FN2O5S/c1-15-7-10-17(23)13-20(15)24-21(26)14-30-22(27)16-8-11-19(12-9-16)31(28,29)25-18-5-3-2-4-6-18/h2-13,25H,14H2,1H3,(H,24,26). The molecule has 0 saturated carbocycles. The van der Waals surface area contributed by atoms with E-state index in [2.05, 4.69) is 10.0 Å². The second-order valence-electron chi connectivity index (χ2n) is 6.58. The van der Waals surface area contributed by atoms with E-state index >= 15 is 0 Å². The summed E-state index contributed by atoms with van der Waals surface area (Å²) in [7, 11) is -3.82. The average Bonchev–Trinajstić information content (AvgIpc) is 2.75. The van der Waals surface area contributed by atoms with Gasteiger partial charge in [0.2, 0.25) is 0 Å². The molecule has 3 aromatic rings. The smallest absolute Gasteiger partial charge is 0.338 e. The van der Waals surface area contributed by atoms with Gasteiger partial charge in [0.1, 0.15) is 5.82 Å². The van der Waals surface area contributed by atoms with Crippen LogP contribution in [0, 0.1) is 12.7 Å². The third kappa shape index (κ3) is 5.89. The lowest BCUT2D eigenvalue weighted by atomic mass is 10.2. The average molecular weight is 442 g/mol. The molecule has 0 aliphatic heterocycles. The minimum Gasteiger partial charge on any atom is -0.452 e. The molecule has 0 aliphatic carbocycles. The Balaban J connectivity index is 1.58. The Hall–Kier alpha value is -3.72. The maximum Gasteiger partial charge on any atom is 0.338 e. The van der Waals surface area contributed by atoms with Crippen molar-refractivity contribution in [2.24, 2.45) is 0 Å². The van der Waals surface area contributed by atoms with Gasteiger partial charge in [0.15, 0.2) is 6.61 Å². The first-order chi connectivity index (χ1) is 14.7. The molecule has 0 aromatic heterocycles. The number of anilines is 2. The van der Waals surface area contributed by atoms with Crippen molar-refractivity contribution in [2.75, 3.05) is 16.6 Å². The van der Waals surface area contributed by atoms with Crippen LogP contribution < -0.4 is 10.0 Å². The summed E-state index contributed by atoms with van der Waals surface area (Å²) in [6.07, 6.45) is 0. The van der Waals surface area contributed by atoms with Crippen LogP contribution in [0.25, 0.3) is 0 Å².